The lowest BCUT2D eigenvalue weighted by atomic mass is 9.99. The number of hydrogen-bond acceptors (Lipinski definition) is 2. The maximum absolute atomic E-state index is 13.5. The number of hydrogen-bond donors (Lipinski definition) is 1. The van der Waals surface area contributed by atoms with Gasteiger partial charge in [0.15, 0.2) is 4.67 Å². The van der Waals surface area contributed by atoms with Crippen LogP contribution in [0.4, 0.5) is 4.39 Å². The Labute approximate surface area is 107 Å². The molecule has 1 atom stereocenters. The topological polar surface area (TPSA) is 33.4 Å². The van der Waals surface area contributed by atoms with E-state index in [1.165, 1.54) is 6.26 Å². The van der Waals surface area contributed by atoms with Gasteiger partial charge in [0.25, 0.3) is 0 Å². The molecule has 0 radical (unpaired) electrons. The molecule has 1 heterocycles. The summed E-state index contributed by atoms with van der Waals surface area (Å²) in [6, 6.07) is 4.97. The molecule has 1 unspecified atom stereocenters. The minimum Gasteiger partial charge on any atom is -0.457 e. The zero-order chi connectivity index (χ0) is 12.6. The summed E-state index contributed by atoms with van der Waals surface area (Å²) in [6.07, 6.45) is 0.674. The molecule has 0 saturated heterocycles. The summed E-state index contributed by atoms with van der Waals surface area (Å²) < 4.78 is 19.1. The number of halogens is 2. The van der Waals surface area contributed by atoms with Crippen LogP contribution in [0.1, 0.15) is 28.4 Å². The minimum atomic E-state index is -0.818. The van der Waals surface area contributed by atoms with E-state index in [1.54, 1.807) is 32.0 Å². The number of aryl methyl sites for hydroxylation is 2. The van der Waals surface area contributed by atoms with Crippen molar-refractivity contribution in [1.82, 2.24) is 0 Å². The van der Waals surface area contributed by atoms with Gasteiger partial charge in [0, 0.05) is 5.56 Å². The molecule has 1 aromatic heterocycles. The molecule has 0 aliphatic carbocycles. The lowest BCUT2D eigenvalue weighted by Gasteiger charge is -2.12. The maximum Gasteiger partial charge on any atom is 0.175 e. The van der Waals surface area contributed by atoms with Gasteiger partial charge in [-0.25, -0.2) is 4.39 Å². The van der Waals surface area contributed by atoms with Crippen LogP contribution in [0.5, 0.6) is 0 Å². The van der Waals surface area contributed by atoms with Gasteiger partial charge in [-0.3, -0.25) is 0 Å². The Morgan fingerprint density at radius 1 is 1.29 bits per heavy atom. The summed E-state index contributed by atoms with van der Waals surface area (Å²) in [5.74, 6) is -0.229. The van der Waals surface area contributed by atoms with Crippen LogP contribution in [0.2, 0.25) is 0 Å². The summed E-state index contributed by atoms with van der Waals surface area (Å²) in [4.78, 5) is 0. The normalized spacial score (nSPS) is 12.8. The van der Waals surface area contributed by atoms with Crippen molar-refractivity contribution in [3.63, 3.8) is 0 Å². The summed E-state index contributed by atoms with van der Waals surface area (Å²) >= 11 is 3.21. The molecular formula is C13H12BrFO2. The van der Waals surface area contributed by atoms with Gasteiger partial charge in [0.1, 0.15) is 11.9 Å². The first-order chi connectivity index (χ1) is 8.00. The Hall–Kier alpha value is -1.13. The lowest BCUT2D eigenvalue weighted by Crippen LogP contribution is -2.01. The van der Waals surface area contributed by atoms with Crippen molar-refractivity contribution in [3.8, 4) is 0 Å². The molecule has 2 nitrogen and oxygen atoms in total. The molecule has 0 saturated carbocycles. The largest absolute Gasteiger partial charge is 0.457 e. The fourth-order valence-electron chi connectivity index (χ4n) is 1.82. The smallest absolute Gasteiger partial charge is 0.175 e. The number of benzene rings is 1. The molecule has 2 aromatic rings. The predicted molar refractivity (Wildman–Crippen MR) is 66.3 cm³/mol. The Morgan fingerprint density at radius 2 is 1.88 bits per heavy atom. The van der Waals surface area contributed by atoms with Crippen LogP contribution in [-0.2, 0) is 0 Å². The van der Waals surface area contributed by atoms with Crippen molar-refractivity contribution in [3.05, 3.63) is 57.2 Å². The van der Waals surface area contributed by atoms with Crippen LogP contribution >= 0.6 is 15.9 Å². The second-order valence-electron chi connectivity index (χ2n) is 4.02. The predicted octanol–water partition coefficient (Wildman–Crippen LogP) is 3.88. The monoisotopic (exact) mass is 298 g/mol. The van der Waals surface area contributed by atoms with Crippen molar-refractivity contribution >= 4 is 15.9 Å². The quantitative estimate of drug-likeness (QED) is 0.913. The third kappa shape index (κ3) is 2.28. The van der Waals surface area contributed by atoms with E-state index in [0.29, 0.717) is 26.9 Å². The Morgan fingerprint density at radius 3 is 2.35 bits per heavy atom. The molecule has 1 aromatic carbocycles. The third-order valence-electron chi connectivity index (χ3n) is 2.72. The average molecular weight is 299 g/mol. The first-order valence-electron chi connectivity index (χ1n) is 5.18. The van der Waals surface area contributed by atoms with Crippen molar-refractivity contribution in [2.24, 2.45) is 0 Å². The molecule has 0 spiro atoms. The zero-order valence-corrected chi connectivity index (χ0v) is 11.1. The minimum absolute atomic E-state index is 0.229. The highest BCUT2D eigenvalue weighted by molar-refractivity contribution is 9.10. The van der Waals surface area contributed by atoms with Crippen LogP contribution < -0.4 is 0 Å². The van der Waals surface area contributed by atoms with E-state index >= 15 is 0 Å². The van der Waals surface area contributed by atoms with Gasteiger partial charge in [-0.05, 0) is 52.5 Å². The molecule has 0 fully saturated rings. The number of aliphatic hydroxyl groups excluding tert-OH is 1. The number of furan rings is 1. The molecule has 0 aliphatic rings. The van der Waals surface area contributed by atoms with Gasteiger partial charge in [0.05, 0.1) is 6.26 Å². The molecular weight excluding hydrogens is 287 g/mol. The lowest BCUT2D eigenvalue weighted by molar-refractivity contribution is 0.217. The molecule has 0 aliphatic heterocycles. The van der Waals surface area contributed by atoms with E-state index in [-0.39, 0.29) is 5.82 Å². The van der Waals surface area contributed by atoms with Gasteiger partial charge in [-0.1, -0.05) is 12.1 Å². The average Bonchev–Trinajstić information content (AvgIpc) is 2.70. The van der Waals surface area contributed by atoms with Crippen LogP contribution in [0, 0.1) is 19.7 Å². The van der Waals surface area contributed by atoms with E-state index < -0.39 is 6.10 Å². The first-order valence-corrected chi connectivity index (χ1v) is 5.97. The summed E-state index contributed by atoms with van der Waals surface area (Å²) in [6.45, 7) is 3.37. The molecule has 0 amide bonds. The highest BCUT2D eigenvalue weighted by Gasteiger charge is 2.17. The van der Waals surface area contributed by atoms with Gasteiger partial charge >= 0.3 is 0 Å². The second kappa shape index (κ2) is 4.63. The summed E-state index contributed by atoms with van der Waals surface area (Å²) in [7, 11) is 0. The Bertz CT molecular complexity index is 525. The molecule has 1 N–H and O–H groups in total. The number of rotatable bonds is 2. The van der Waals surface area contributed by atoms with Crippen LogP contribution in [0.25, 0.3) is 0 Å². The van der Waals surface area contributed by atoms with Gasteiger partial charge in [-0.2, -0.15) is 0 Å². The molecule has 90 valence electrons. The fraction of sp³-hybridized carbons (Fsp3) is 0.231. The van der Waals surface area contributed by atoms with Crippen LogP contribution in [0.3, 0.4) is 0 Å². The van der Waals surface area contributed by atoms with E-state index in [1.807, 2.05) is 0 Å². The third-order valence-corrected chi connectivity index (χ3v) is 3.36. The van der Waals surface area contributed by atoms with Crippen molar-refractivity contribution in [1.29, 1.82) is 0 Å². The standard InChI is InChI=1S/C13H12BrFO2/c1-7-5-9(6-8(2)11(7)15)12(16)10-3-4-17-13(10)14/h3-6,12,16H,1-2H3. The fourth-order valence-corrected chi connectivity index (χ4v) is 2.27. The molecule has 17 heavy (non-hydrogen) atoms. The first kappa shape index (κ1) is 12.3. The molecule has 0 bridgehead atoms. The van der Waals surface area contributed by atoms with E-state index in [9.17, 15) is 9.50 Å². The van der Waals surface area contributed by atoms with Crippen LogP contribution in [0.15, 0.2) is 33.5 Å². The Kier molecular flexibility index (Phi) is 3.35. The van der Waals surface area contributed by atoms with Crippen molar-refractivity contribution in [2.75, 3.05) is 0 Å². The van der Waals surface area contributed by atoms with Gasteiger partial charge in [-0.15, -0.1) is 0 Å². The van der Waals surface area contributed by atoms with Crippen molar-refractivity contribution in [2.45, 2.75) is 20.0 Å². The van der Waals surface area contributed by atoms with E-state index in [2.05, 4.69) is 15.9 Å². The van der Waals surface area contributed by atoms with Crippen molar-refractivity contribution < 1.29 is 13.9 Å². The highest BCUT2D eigenvalue weighted by Crippen LogP contribution is 2.30. The molecule has 4 heteroatoms. The molecule has 2 rings (SSSR count). The highest BCUT2D eigenvalue weighted by atomic mass is 79.9. The Balaban J connectivity index is 2.45. The van der Waals surface area contributed by atoms with Gasteiger partial charge in [0.2, 0.25) is 0 Å². The van der Waals surface area contributed by atoms with E-state index in [0.717, 1.165) is 0 Å². The maximum atomic E-state index is 13.5. The summed E-state index contributed by atoms with van der Waals surface area (Å²) in [5.41, 5.74) is 2.34. The van der Waals surface area contributed by atoms with E-state index in [4.69, 9.17) is 4.42 Å². The summed E-state index contributed by atoms with van der Waals surface area (Å²) in [5, 5.41) is 10.2. The van der Waals surface area contributed by atoms with Crippen LogP contribution in [-0.4, -0.2) is 5.11 Å². The zero-order valence-electron chi connectivity index (χ0n) is 9.50. The van der Waals surface area contributed by atoms with Gasteiger partial charge < -0.3 is 9.52 Å². The number of aliphatic hydroxyl groups is 1. The SMILES string of the molecule is Cc1cc(C(O)c2ccoc2Br)cc(C)c1F. The second-order valence-corrected chi connectivity index (χ2v) is 4.74.